The Hall–Kier alpha value is -3.75. The van der Waals surface area contributed by atoms with Gasteiger partial charge in [0.25, 0.3) is 5.91 Å². The Bertz CT molecular complexity index is 1170. The van der Waals surface area contributed by atoms with Crippen molar-refractivity contribution in [3.05, 3.63) is 59.7 Å². The molecular formula is C26H31N7O2. The Balaban J connectivity index is 1.19. The van der Waals surface area contributed by atoms with Crippen LogP contribution in [0.2, 0.25) is 0 Å². The second-order valence-electron chi connectivity index (χ2n) is 9.19. The van der Waals surface area contributed by atoms with E-state index in [-0.39, 0.29) is 12.0 Å². The van der Waals surface area contributed by atoms with Crippen LogP contribution in [-0.2, 0) is 0 Å². The van der Waals surface area contributed by atoms with E-state index >= 15 is 0 Å². The lowest BCUT2D eigenvalue weighted by Crippen LogP contribution is -2.49. The molecule has 35 heavy (non-hydrogen) atoms. The molecule has 3 aromatic rings. The zero-order valence-corrected chi connectivity index (χ0v) is 20.3. The SMILES string of the molecule is Cc1ccnc(Nc2cc(N3CCN(C(=O)c4ccc(OC5CCCC5)nc4)CC3)nc(C)n2)c1. The molecule has 0 unspecified atom stereocenters. The van der Waals surface area contributed by atoms with Gasteiger partial charge in [0.15, 0.2) is 0 Å². The largest absolute Gasteiger partial charge is 0.474 e. The summed E-state index contributed by atoms with van der Waals surface area (Å²) >= 11 is 0. The van der Waals surface area contributed by atoms with E-state index in [0.717, 1.165) is 30.0 Å². The summed E-state index contributed by atoms with van der Waals surface area (Å²) in [6.45, 7) is 6.53. The highest BCUT2D eigenvalue weighted by molar-refractivity contribution is 5.94. The molecule has 1 aliphatic carbocycles. The van der Waals surface area contributed by atoms with Crippen LogP contribution in [0.5, 0.6) is 5.88 Å². The maximum absolute atomic E-state index is 13.0. The van der Waals surface area contributed by atoms with Crippen molar-refractivity contribution in [3.8, 4) is 5.88 Å². The summed E-state index contributed by atoms with van der Waals surface area (Å²) in [6, 6.07) is 9.49. The first kappa shape index (κ1) is 23.0. The molecule has 9 nitrogen and oxygen atoms in total. The number of carbonyl (C=O) groups is 1. The number of carbonyl (C=O) groups excluding carboxylic acids is 1. The van der Waals surface area contributed by atoms with Crippen LogP contribution in [-0.4, -0.2) is 63.0 Å². The Kier molecular flexibility index (Phi) is 6.74. The van der Waals surface area contributed by atoms with E-state index in [1.165, 1.54) is 12.8 Å². The molecular weight excluding hydrogens is 442 g/mol. The second kappa shape index (κ2) is 10.2. The zero-order valence-electron chi connectivity index (χ0n) is 20.3. The maximum Gasteiger partial charge on any atom is 0.255 e. The number of aromatic nitrogens is 4. The number of hydrogen-bond donors (Lipinski definition) is 1. The first-order valence-electron chi connectivity index (χ1n) is 12.3. The first-order chi connectivity index (χ1) is 17.0. The van der Waals surface area contributed by atoms with Gasteiger partial charge in [-0.3, -0.25) is 4.79 Å². The van der Waals surface area contributed by atoms with E-state index in [2.05, 4.69) is 30.2 Å². The quantitative estimate of drug-likeness (QED) is 0.576. The van der Waals surface area contributed by atoms with Crippen molar-refractivity contribution in [2.75, 3.05) is 36.4 Å². The summed E-state index contributed by atoms with van der Waals surface area (Å²) in [6.07, 6.45) is 8.25. The number of anilines is 3. The highest BCUT2D eigenvalue weighted by atomic mass is 16.5. The van der Waals surface area contributed by atoms with Crippen molar-refractivity contribution in [1.29, 1.82) is 0 Å². The van der Waals surface area contributed by atoms with E-state index in [0.29, 0.717) is 49.3 Å². The Morgan fingerprint density at radius 2 is 1.77 bits per heavy atom. The molecule has 0 radical (unpaired) electrons. The van der Waals surface area contributed by atoms with Crippen LogP contribution in [0.15, 0.2) is 42.7 Å². The van der Waals surface area contributed by atoms with Gasteiger partial charge < -0.3 is 19.9 Å². The fraction of sp³-hybridized carbons (Fsp3) is 0.423. The van der Waals surface area contributed by atoms with Crippen LogP contribution in [0.3, 0.4) is 0 Å². The van der Waals surface area contributed by atoms with Gasteiger partial charge in [-0.25, -0.2) is 19.9 Å². The van der Waals surface area contributed by atoms with Crippen LogP contribution >= 0.6 is 0 Å². The van der Waals surface area contributed by atoms with E-state index in [9.17, 15) is 4.79 Å². The normalized spacial score (nSPS) is 16.4. The lowest BCUT2D eigenvalue weighted by Gasteiger charge is -2.35. The number of nitrogens with one attached hydrogen (secondary N) is 1. The van der Waals surface area contributed by atoms with Crippen molar-refractivity contribution in [1.82, 2.24) is 24.8 Å². The highest BCUT2D eigenvalue weighted by Crippen LogP contribution is 2.24. The Morgan fingerprint density at radius 3 is 2.49 bits per heavy atom. The first-order valence-corrected chi connectivity index (χ1v) is 12.3. The van der Waals surface area contributed by atoms with Gasteiger partial charge in [0, 0.05) is 50.7 Å². The fourth-order valence-corrected chi connectivity index (χ4v) is 4.59. The third-order valence-electron chi connectivity index (χ3n) is 6.46. The van der Waals surface area contributed by atoms with Gasteiger partial charge in [-0.15, -0.1) is 0 Å². The number of ether oxygens (including phenoxy) is 1. The number of hydrogen-bond acceptors (Lipinski definition) is 8. The molecule has 0 spiro atoms. The average Bonchev–Trinajstić information content (AvgIpc) is 3.37. The van der Waals surface area contributed by atoms with Crippen molar-refractivity contribution in [2.45, 2.75) is 45.6 Å². The van der Waals surface area contributed by atoms with Crippen molar-refractivity contribution in [3.63, 3.8) is 0 Å². The molecule has 1 amide bonds. The monoisotopic (exact) mass is 473 g/mol. The minimum absolute atomic E-state index is 0.00341. The van der Waals surface area contributed by atoms with Gasteiger partial charge >= 0.3 is 0 Å². The van der Waals surface area contributed by atoms with E-state index in [1.807, 2.05) is 49.1 Å². The zero-order chi connectivity index (χ0) is 24.2. The molecule has 3 aromatic heterocycles. The molecule has 2 aliphatic rings. The van der Waals surface area contributed by atoms with Gasteiger partial charge in [-0.1, -0.05) is 0 Å². The molecule has 9 heteroatoms. The molecule has 4 heterocycles. The van der Waals surface area contributed by atoms with Gasteiger partial charge in [0.2, 0.25) is 5.88 Å². The molecule has 5 rings (SSSR count). The Morgan fingerprint density at radius 1 is 0.971 bits per heavy atom. The third kappa shape index (κ3) is 5.67. The number of amides is 1. The molecule has 0 atom stereocenters. The van der Waals surface area contributed by atoms with Crippen molar-refractivity contribution >= 4 is 23.4 Å². The molecule has 1 aliphatic heterocycles. The summed E-state index contributed by atoms with van der Waals surface area (Å²) in [4.78, 5) is 34.9. The highest BCUT2D eigenvalue weighted by Gasteiger charge is 2.24. The molecule has 182 valence electrons. The van der Waals surface area contributed by atoms with Crippen LogP contribution in [0.1, 0.15) is 47.4 Å². The van der Waals surface area contributed by atoms with Crippen LogP contribution in [0.25, 0.3) is 0 Å². The van der Waals surface area contributed by atoms with Crippen LogP contribution < -0.4 is 15.0 Å². The lowest BCUT2D eigenvalue weighted by molar-refractivity contribution is 0.0746. The summed E-state index contributed by atoms with van der Waals surface area (Å²) < 4.78 is 5.92. The predicted molar refractivity (Wildman–Crippen MR) is 134 cm³/mol. The van der Waals surface area contributed by atoms with Gasteiger partial charge in [0.1, 0.15) is 29.4 Å². The summed E-state index contributed by atoms with van der Waals surface area (Å²) in [5.74, 6) is 3.57. The molecule has 0 bridgehead atoms. The average molecular weight is 474 g/mol. The smallest absolute Gasteiger partial charge is 0.255 e. The number of piperazine rings is 1. The van der Waals surface area contributed by atoms with Crippen LogP contribution in [0.4, 0.5) is 17.5 Å². The summed E-state index contributed by atoms with van der Waals surface area (Å²) in [5, 5.41) is 3.27. The maximum atomic E-state index is 13.0. The van der Waals surface area contributed by atoms with Gasteiger partial charge in [-0.05, 0) is 63.3 Å². The number of aryl methyl sites for hydroxylation is 2. The van der Waals surface area contributed by atoms with Gasteiger partial charge in [0.05, 0.1) is 5.56 Å². The topological polar surface area (TPSA) is 96.4 Å². The van der Waals surface area contributed by atoms with E-state index in [1.54, 1.807) is 12.4 Å². The van der Waals surface area contributed by atoms with Crippen LogP contribution in [0, 0.1) is 13.8 Å². The molecule has 1 N–H and O–H groups in total. The van der Waals surface area contributed by atoms with E-state index < -0.39 is 0 Å². The molecule has 1 saturated heterocycles. The number of rotatable bonds is 6. The standard InChI is InChI=1S/C26H31N7O2/c1-18-9-10-27-22(15-18)31-23-16-24(30-19(2)29-23)32-11-13-33(14-12-32)26(34)20-7-8-25(28-17-20)35-21-5-3-4-6-21/h7-10,15-17,21H,3-6,11-14H2,1-2H3,(H,27,29,30,31). The number of nitrogens with zero attached hydrogens (tertiary/aromatic N) is 6. The molecule has 1 saturated carbocycles. The lowest BCUT2D eigenvalue weighted by atomic mass is 10.2. The van der Waals surface area contributed by atoms with Crippen molar-refractivity contribution < 1.29 is 9.53 Å². The molecule has 2 fully saturated rings. The molecule has 0 aromatic carbocycles. The predicted octanol–water partition coefficient (Wildman–Crippen LogP) is 3.91. The minimum Gasteiger partial charge on any atom is -0.474 e. The van der Waals surface area contributed by atoms with Crippen molar-refractivity contribution in [2.24, 2.45) is 0 Å². The minimum atomic E-state index is -0.00341. The second-order valence-corrected chi connectivity index (χ2v) is 9.19. The third-order valence-corrected chi connectivity index (χ3v) is 6.46. The Labute approximate surface area is 205 Å². The summed E-state index contributed by atoms with van der Waals surface area (Å²) in [5.41, 5.74) is 1.72. The summed E-state index contributed by atoms with van der Waals surface area (Å²) in [7, 11) is 0. The fourth-order valence-electron chi connectivity index (χ4n) is 4.59. The van der Waals surface area contributed by atoms with Gasteiger partial charge in [-0.2, -0.15) is 0 Å². The van der Waals surface area contributed by atoms with E-state index in [4.69, 9.17) is 4.74 Å². The number of pyridine rings is 2.